The fourth-order valence-electron chi connectivity index (χ4n) is 1.64. The van der Waals surface area contributed by atoms with Crippen LogP contribution in [0.25, 0.3) is 0 Å². The van der Waals surface area contributed by atoms with E-state index in [1.54, 1.807) is 0 Å². The van der Waals surface area contributed by atoms with E-state index in [0.717, 1.165) is 4.47 Å². The van der Waals surface area contributed by atoms with E-state index < -0.39 is 14.9 Å². The topological polar surface area (TPSA) is 89.8 Å². The van der Waals surface area contributed by atoms with Crippen molar-refractivity contribution in [1.82, 2.24) is 4.47 Å². The van der Waals surface area contributed by atoms with Crippen molar-refractivity contribution in [1.29, 1.82) is 0 Å². The molecule has 2 rings (SSSR count). The second-order valence-corrected chi connectivity index (χ2v) is 5.75. The van der Waals surface area contributed by atoms with Gasteiger partial charge in [-0.1, -0.05) is 16.6 Å². The standard InChI is InChI=1S/C10H12N2O5S/c13-12(14)10-4-2-9(3-5-10)8-18(15,16)11-6-1-7-17-11/h2-5H,1,6-8H2. The number of nitro groups is 1. The minimum atomic E-state index is -3.50. The molecule has 98 valence electrons. The number of benzene rings is 1. The average Bonchev–Trinajstić information content (AvgIpc) is 2.83. The Labute approximate surface area is 104 Å². The Morgan fingerprint density at radius 3 is 2.50 bits per heavy atom. The average molecular weight is 272 g/mol. The highest BCUT2D eigenvalue weighted by Gasteiger charge is 2.27. The minimum absolute atomic E-state index is 0.0615. The first-order valence-corrected chi connectivity index (χ1v) is 6.96. The van der Waals surface area contributed by atoms with Crippen molar-refractivity contribution in [2.24, 2.45) is 0 Å². The van der Waals surface area contributed by atoms with Gasteiger partial charge in [0.1, 0.15) is 0 Å². The summed E-state index contributed by atoms with van der Waals surface area (Å²) in [5.74, 6) is -0.217. The van der Waals surface area contributed by atoms with E-state index >= 15 is 0 Å². The van der Waals surface area contributed by atoms with Crippen LogP contribution in [0.5, 0.6) is 0 Å². The van der Waals surface area contributed by atoms with Crippen LogP contribution in [0.15, 0.2) is 24.3 Å². The van der Waals surface area contributed by atoms with Crippen LogP contribution in [0.3, 0.4) is 0 Å². The zero-order valence-corrected chi connectivity index (χ0v) is 10.3. The summed E-state index contributed by atoms with van der Waals surface area (Å²) in [7, 11) is -3.50. The van der Waals surface area contributed by atoms with Crippen molar-refractivity contribution < 1.29 is 18.2 Å². The van der Waals surface area contributed by atoms with Crippen LogP contribution in [-0.4, -0.2) is 31.0 Å². The van der Waals surface area contributed by atoms with Gasteiger partial charge in [0.05, 0.1) is 17.3 Å². The van der Waals surface area contributed by atoms with Crippen molar-refractivity contribution >= 4 is 15.7 Å². The Morgan fingerprint density at radius 2 is 2.00 bits per heavy atom. The van der Waals surface area contributed by atoms with Gasteiger partial charge in [0.25, 0.3) is 5.69 Å². The molecule has 0 aromatic heterocycles. The molecule has 0 aliphatic carbocycles. The van der Waals surface area contributed by atoms with Crippen LogP contribution in [0, 0.1) is 10.1 Å². The lowest BCUT2D eigenvalue weighted by molar-refractivity contribution is -0.384. The third-order valence-corrected chi connectivity index (χ3v) is 4.13. The molecule has 18 heavy (non-hydrogen) atoms. The normalized spacial score (nSPS) is 16.9. The van der Waals surface area contributed by atoms with Gasteiger partial charge in [-0.3, -0.25) is 15.0 Å². The molecule has 1 saturated heterocycles. The summed E-state index contributed by atoms with van der Waals surface area (Å²) in [4.78, 5) is 14.9. The molecule has 1 aromatic rings. The number of rotatable bonds is 4. The third-order valence-electron chi connectivity index (χ3n) is 2.53. The Kier molecular flexibility index (Phi) is 3.60. The largest absolute Gasteiger partial charge is 0.284 e. The fraction of sp³-hybridized carbons (Fsp3) is 0.400. The maximum Gasteiger partial charge on any atom is 0.269 e. The molecule has 1 fully saturated rings. The molecule has 0 spiro atoms. The summed E-state index contributed by atoms with van der Waals surface area (Å²) in [6.07, 6.45) is 0.680. The predicted molar refractivity (Wildman–Crippen MR) is 63.0 cm³/mol. The van der Waals surface area contributed by atoms with Gasteiger partial charge in [0, 0.05) is 18.7 Å². The molecule has 0 unspecified atom stereocenters. The lowest BCUT2D eigenvalue weighted by Gasteiger charge is -2.13. The maximum absolute atomic E-state index is 11.9. The molecule has 1 aliphatic heterocycles. The summed E-state index contributed by atoms with van der Waals surface area (Å²) in [5, 5.41) is 10.5. The van der Waals surface area contributed by atoms with Gasteiger partial charge in [-0.15, -0.1) is 0 Å². The molecule has 1 aromatic carbocycles. The number of sulfonamides is 1. The zero-order valence-electron chi connectivity index (χ0n) is 9.48. The van der Waals surface area contributed by atoms with E-state index in [9.17, 15) is 18.5 Å². The second kappa shape index (κ2) is 5.01. The molecule has 0 N–H and O–H groups in total. The highest BCUT2D eigenvalue weighted by Crippen LogP contribution is 2.18. The van der Waals surface area contributed by atoms with E-state index in [0.29, 0.717) is 25.1 Å². The SMILES string of the molecule is O=[N+]([O-])c1ccc(CS(=O)(=O)N2CCCO2)cc1. The molecule has 0 amide bonds. The second-order valence-electron chi connectivity index (χ2n) is 3.89. The number of nitrogens with zero attached hydrogens (tertiary/aromatic N) is 2. The monoisotopic (exact) mass is 272 g/mol. The number of non-ortho nitro benzene ring substituents is 1. The van der Waals surface area contributed by atoms with Crippen LogP contribution in [-0.2, 0) is 20.6 Å². The Bertz CT molecular complexity index is 534. The van der Waals surface area contributed by atoms with Gasteiger partial charge in [-0.05, 0) is 12.0 Å². The van der Waals surface area contributed by atoms with Crippen molar-refractivity contribution in [2.45, 2.75) is 12.2 Å². The van der Waals surface area contributed by atoms with Gasteiger partial charge in [0.2, 0.25) is 10.0 Å². The first kappa shape index (κ1) is 12.9. The molecule has 0 saturated carbocycles. The number of nitro benzene ring substituents is 1. The van der Waals surface area contributed by atoms with Gasteiger partial charge in [0.15, 0.2) is 0 Å². The molecule has 1 aliphatic rings. The van der Waals surface area contributed by atoms with Crippen LogP contribution in [0.2, 0.25) is 0 Å². The maximum atomic E-state index is 11.9. The summed E-state index contributed by atoms with van der Waals surface area (Å²) >= 11 is 0. The third kappa shape index (κ3) is 2.84. The quantitative estimate of drug-likeness (QED) is 0.604. The zero-order chi connectivity index (χ0) is 13.2. The number of hydrogen-bond acceptors (Lipinski definition) is 5. The van der Waals surface area contributed by atoms with E-state index in [1.165, 1.54) is 24.3 Å². The lowest BCUT2D eigenvalue weighted by atomic mass is 10.2. The Morgan fingerprint density at radius 1 is 1.33 bits per heavy atom. The Balaban J connectivity index is 2.11. The predicted octanol–water partition coefficient (Wildman–Crippen LogP) is 1.06. The fourth-order valence-corrected chi connectivity index (χ4v) is 3.04. The van der Waals surface area contributed by atoms with Gasteiger partial charge < -0.3 is 0 Å². The summed E-state index contributed by atoms with van der Waals surface area (Å²) in [6.45, 7) is 0.759. The van der Waals surface area contributed by atoms with Crippen molar-refractivity contribution in [3.8, 4) is 0 Å². The summed E-state index contributed by atoms with van der Waals surface area (Å²) in [5.41, 5.74) is 0.435. The highest BCUT2D eigenvalue weighted by atomic mass is 32.2. The molecule has 7 nitrogen and oxygen atoms in total. The summed E-state index contributed by atoms with van der Waals surface area (Å²) < 4.78 is 24.8. The summed E-state index contributed by atoms with van der Waals surface area (Å²) in [6, 6.07) is 5.45. The van der Waals surface area contributed by atoms with Crippen LogP contribution < -0.4 is 0 Å². The molecule has 0 bridgehead atoms. The van der Waals surface area contributed by atoms with E-state index in [1.807, 2.05) is 0 Å². The van der Waals surface area contributed by atoms with E-state index in [4.69, 9.17) is 4.84 Å². The van der Waals surface area contributed by atoms with E-state index in [2.05, 4.69) is 0 Å². The van der Waals surface area contributed by atoms with Gasteiger partial charge >= 0.3 is 0 Å². The van der Waals surface area contributed by atoms with Crippen LogP contribution in [0.4, 0.5) is 5.69 Å². The van der Waals surface area contributed by atoms with Crippen LogP contribution in [0.1, 0.15) is 12.0 Å². The number of hydrogen-bond donors (Lipinski definition) is 0. The molecule has 1 heterocycles. The highest BCUT2D eigenvalue weighted by molar-refractivity contribution is 7.88. The first-order chi connectivity index (χ1) is 8.49. The lowest BCUT2D eigenvalue weighted by Crippen LogP contribution is -2.28. The number of hydroxylamine groups is 1. The molecular formula is C10H12N2O5S. The Hall–Kier alpha value is -1.51. The smallest absolute Gasteiger partial charge is 0.269 e. The van der Waals surface area contributed by atoms with Gasteiger partial charge in [-0.2, -0.15) is 0 Å². The van der Waals surface area contributed by atoms with Crippen molar-refractivity contribution in [2.75, 3.05) is 13.2 Å². The molecule has 0 radical (unpaired) electrons. The molecular weight excluding hydrogens is 260 g/mol. The van der Waals surface area contributed by atoms with Gasteiger partial charge in [-0.25, -0.2) is 8.42 Å². The molecule has 0 atom stereocenters. The molecule has 8 heteroatoms. The minimum Gasteiger partial charge on any atom is -0.284 e. The van der Waals surface area contributed by atoms with Crippen molar-refractivity contribution in [3.63, 3.8) is 0 Å². The van der Waals surface area contributed by atoms with Crippen molar-refractivity contribution in [3.05, 3.63) is 39.9 Å². The van der Waals surface area contributed by atoms with E-state index in [-0.39, 0.29) is 11.4 Å². The first-order valence-electron chi connectivity index (χ1n) is 5.36. The van der Waals surface area contributed by atoms with Crippen LogP contribution >= 0.6 is 0 Å².